The van der Waals surface area contributed by atoms with Gasteiger partial charge in [-0.25, -0.2) is 28.4 Å². The maximum absolute atomic E-state index is 13.6. The summed E-state index contributed by atoms with van der Waals surface area (Å²) in [6, 6.07) is 7.61. The first-order valence-electron chi connectivity index (χ1n) is 12.5. The second kappa shape index (κ2) is 11.3. The molecule has 10 nitrogen and oxygen atoms in total. The average Bonchev–Trinajstić information content (AvgIpc) is 3.31. The Bertz CT molecular complexity index is 1630. The minimum Gasteiger partial charge on any atom is -0.378 e. The third-order valence-corrected chi connectivity index (χ3v) is 6.26. The molecule has 0 aliphatic carbocycles. The number of fused-ring (bicyclic) bond motifs is 1. The van der Waals surface area contributed by atoms with E-state index in [1.807, 2.05) is 27.1 Å². The average molecular weight is 548 g/mol. The van der Waals surface area contributed by atoms with Crippen LogP contribution in [0.2, 0.25) is 0 Å². The van der Waals surface area contributed by atoms with Gasteiger partial charge < -0.3 is 20.1 Å². The number of rotatable bonds is 7. The van der Waals surface area contributed by atoms with Crippen molar-refractivity contribution in [3.05, 3.63) is 77.3 Å². The molecule has 1 atom stereocenters. The third-order valence-electron chi connectivity index (χ3n) is 6.26. The summed E-state index contributed by atoms with van der Waals surface area (Å²) in [4.78, 5) is 27.9. The predicted octanol–water partition coefficient (Wildman–Crippen LogP) is 4.10. The number of carbonyl (C=O) groups is 1. The zero-order valence-corrected chi connectivity index (χ0v) is 22.1. The molecule has 0 saturated heterocycles. The van der Waals surface area contributed by atoms with Gasteiger partial charge in [-0.1, -0.05) is 6.08 Å². The molecule has 1 unspecified atom stereocenters. The van der Waals surface area contributed by atoms with Crippen molar-refractivity contribution in [2.45, 2.75) is 19.4 Å². The number of halogens is 2. The monoisotopic (exact) mass is 547 g/mol. The van der Waals surface area contributed by atoms with Crippen LogP contribution in [-0.2, 0) is 9.53 Å². The molecule has 0 spiro atoms. The van der Waals surface area contributed by atoms with E-state index in [2.05, 4.69) is 20.3 Å². The smallest absolute Gasteiger partial charge is 0.257 e. The number of amides is 1. The van der Waals surface area contributed by atoms with Gasteiger partial charge in [0.15, 0.2) is 11.9 Å². The van der Waals surface area contributed by atoms with Crippen molar-refractivity contribution in [3.8, 4) is 5.69 Å². The molecule has 2 aromatic heterocycles. The Morgan fingerprint density at radius 1 is 1.20 bits per heavy atom. The number of carbonyl (C=O) groups excluding carboxylic acids is 1. The van der Waals surface area contributed by atoms with E-state index in [1.165, 1.54) is 6.33 Å². The number of hydrogen-bond acceptors (Lipinski definition) is 7. The van der Waals surface area contributed by atoms with Crippen LogP contribution in [0.5, 0.6) is 0 Å². The van der Waals surface area contributed by atoms with Crippen LogP contribution in [0, 0.1) is 18.6 Å². The number of aliphatic hydroxyl groups is 1. The fraction of sp³-hybridized carbons (Fsp3) is 0.250. The van der Waals surface area contributed by atoms with Crippen molar-refractivity contribution in [2.24, 2.45) is 4.99 Å². The molecule has 2 N–H and O–H groups in total. The largest absolute Gasteiger partial charge is 0.378 e. The molecule has 1 aliphatic heterocycles. The van der Waals surface area contributed by atoms with Crippen molar-refractivity contribution < 1.29 is 23.4 Å². The summed E-state index contributed by atoms with van der Waals surface area (Å²) in [5.41, 5.74) is 4.63. The molecule has 0 radical (unpaired) electrons. The first kappa shape index (κ1) is 27.0. The molecule has 1 aliphatic rings. The van der Waals surface area contributed by atoms with Gasteiger partial charge in [-0.2, -0.15) is 5.10 Å². The Balaban J connectivity index is 1.52. The molecule has 3 heterocycles. The summed E-state index contributed by atoms with van der Waals surface area (Å²) in [6.45, 7) is 2.91. The van der Waals surface area contributed by atoms with Gasteiger partial charge in [0.25, 0.3) is 5.91 Å². The normalized spacial score (nSPS) is 14.4. The lowest BCUT2D eigenvalue weighted by atomic mass is 10.1. The maximum Gasteiger partial charge on any atom is 0.257 e. The molecule has 5 rings (SSSR count). The maximum atomic E-state index is 13.6. The van der Waals surface area contributed by atoms with E-state index < -0.39 is 23.6 Å². The SMILES string of the molecule is Cc1cc(NC(=O)C(O)c2cc(F)cc(F)c2)ccc1-n1nc(C2=CCOCC2)c2ncnc(/N=C/N(C)C)c21. The standard InChI is InChI=1S/C28H27F2N7O3/c1-16-10-21(34-28(39)26(38)18-11-19(29)13-20(30)12-18)4-5-22(16)37-25-24(23(35-37)17-6-8-40-9-7-17)31-14-32-27(25)33-15-36(2)3/h4-6,10-15,26,38H,7-9H2,1-3H3,(H,34,39)/b33-15+. The van der Waals surface area contributed by atoms with Crippen LogP contribution in [0.4, 0.5) is 20.3 Å². The minimum absolute atomic E-state index is 0.188. The third kappa shape index (κ3) is 5.58. The highest BCUT2D eigenvalue weighted by Gasteiger charge is 2.23. The molecule has 1 amide bonds. The number of aromatic nitrogens is 4. The van der Waals surface area contributed by atoms with E-state index in [0.29, 0.717) is 59.6 Å². The lowest BCUT2D eigenvalue weighted by molar-refractivity contribution is -0.124. The fourth-order valence-corrected chi connectivity index (χ4v) is 4.40. The molecule has 12 heteroatoms. The lowest BCUT2D eigenvalue weighted by Gasteiger charge is -2.14. The number of nitrogens with one attached hydrogen (secondary N) is 1. The molecular weight excluding hydrogens is 520 g/mol. The van der Waals surface area contributed by atoms with Gasteiger partial charge in [-0.15, -0.1) is 0 Å². The van der Waals surface area contributed by atoms with Crippen LogP contribution in [0.1, 0.15) is 29.3 Å². The van der Waals surface area contributed by atoms with Crippen LogP contribution < -0.4 is 5.32 Å². The topological polar surface area (TPSA) is 118 Å². The Morgan fingerprint density at radius 2 is 1.98 bits per heavy atom. The van der Waals surface area contributed by atoms with Gasteiger partial charge in [0, 0.05) is 25.8 Å². The first-order chi connectivity index (χ1) is 19.2. The Hall–Kier alpha value is -4.55. The molecule has 0 saturated carbocycles. The van der Waals surface area contributed by atoms with Gasteiger partial charge in [0.1, 0.15) is 34.7 Å². The van der Waals surface area contributed by atoms with Gasteiger partial charge in [-0.05, 0) is 60.4 Å². The number of ether oxygens (including phenoxy) is 1. The van der Waals surface area contributed by atoms with E-state index in [4.69, 9.17) is 9.84 Å². The quantitative estimate of drug-likeness (QED) is 0.264. The molecule has 0 fully saturated rings. The second-order valence-corrected chi connectivity index (χ2v) is 9.51. The molecule has 4 aromatic rings. The molecule has 0 bridgehead atoms. The van der Waals surface area contributed by atoms with Gasteiger partial charge in [0.05, 0.1) is 25.2 Å². The lowest BCUT2D eigenvalue weighted by Crippen LogP contribution is -2.21. The minimum atomic E-state index is -1.76. The van der Waals surface area contributed by atoms with Crippen molar-refractivity contribution in [3.63, 3.8) is 0 Å². The summed E-state index contributed by atoms with van der Waals surface area (Å²) in [7, 11) is 3.71. The molecular formula is C28H27F2N7O3. The van der Waals surface area contributed by atoms with E-state index in [0.717, 1.165) is 23.3 Å². The number of aryl methyl sites for hydroxylation is 1. The summed E-state index contributed by atoms with van der Waals surface area (Å²) in [5, 5.41) is 17.9. The molecule has 206 valence electrons. The number of hydrogen-bond donors (Lipinski definition) is 2. The van der Waals surface area contributed by atoms with Gasteiger partial charge in [-0.3, -0.25) is 4.79 Å². The van der Waals surface area contributed by atoms with E-state index in [1.54, 1.807) is 34.1 Å². The van der Waals surface area contributed by atoms with Gasteiger partial charge >= 0.3 is 0 Å². The summed E-state index contributed by atoms with van der Waals surface area (Å²) < 4.78 is 34.3. The highest BCUT2D eigenvalue weighted by molar-refractivity contribution is 5.96. The number of anilines is 1. The van der Waals surface area contributed by atoms with E-state index >= 15 is 0 Å². The Morgan fingerprint density at radius 3 is 2.65 bits per heavy atom. The molecule has 40 heavy (non-hydrogen) atoms. The van der Waals surface area contributed by atoms with Crippen molar-refractivity contribution in [1.29, 1.82) is 0 Å². The van der Waals surface area contributed by atoms with Crippen LogP contribution in [0.15, 0.2) is 53.8 Å². The van der Waals surface area contributed by atoms with Gasteiger partial charge in [0.2, 0.25) is 0 Å². The van der Waals surface area contributed by atoms with E-state index in [-0.39, 0.29) is 5.56 Å². The molecule has 2 aromatic carbocycles. The number of aliphatic imine (C=N–C) groups is 1. The second-order valence-electron chi connectivity index (χ2n) is 9.51. The first-order valence-corrected chi connectivity index (χ1v) is 12.5. The summed E-state index contributed by atoms with van der Waals surface area (Å²) >= 11 is 0. The highest BCUT2D eigenvalue weighted by atomic mass is 19.1. The van der Waals surface area contributed by atoms with E-state index in [9.17, 15) is 18.7 Å². The predicted molar refractivity (Wildman–Crippen MR) is 147 cm³/mol. The van der Waals surface area contributed by atoms with Crippen molar-refractivity contribution in [1.82, 2.24) is 24.6 Å². The van der Waals surface area contributed by atoms with Crippen LogP contribution in [-0.4, -0.2) is 69.3 Å². The highest BCUT2D eigenvalue weighted by Crippen LogP contribution is 2.34. The summed E-state index contributed by atoms with van der Waals surface area (Å²) in [6.07, 6.45) is 4.02. The number of nitrogens with zero attached hydrogens (tertiary/aromatic N) is 6. The zero-order chi connectivity index (χ0) is 28.4. The van der Waals surface area contributed by atoms with Crippen LogP contribution in [0.25, 0.3) is 22.3 Å². The summed E-state index contributed by atoms with van der Waals surface area (Å²) in [5.74, 6) is -2.17. The van der Waals surface area contributed by atoms with Crippen molar-refractivity contribution in [2.75, 3.05) is 32.6 Å². The fourth-order valence-electron chi connectivity index (χ4n) is 4.40. The number of benzene rings is 2. The van der Waals surface area contributed by atoms with Crippen LogP contribution >= 0.6 is 0 Å². The zero-order valence-electron chi connectivity index (χ0n) is 22.1. The number of aliphatic hydroxyl groups excluding tert-OH is 1. The van der Waals surface area contributed by atoms with Crippen molar-refractivity contribution >= 4 is 40.4 Å². The Labute approximate surface area is 228 Å². The Kier molecular flexibility index (Phi) is 7.63. The van der Waals surface area contributed by atoms with Crippen LogP contribution in [0.3, 0.4) is 0 Å².